The Hall–Kier alpha value is -1.22. The minimum absolute atomic E-state index is 0.147. The van der Waals surface area contributed by atoms with Gasteiger partial charge in [-0.15, -0.1) is 0 Å². The molecule has 0 aliphatic rings. The summed E-state index contributed by atoms with van der Waals surface area (Å²) in [5, 5.41) is 3.38. The molecule has 0 bridgehead atoms. The van der Waals surface area contributed by atoms with Gasteiger partial charge in [0, 0.05) is 11.0 Å². The molecule has 0 aromatic heterocycles. The van der Waals surface area contributed by atoms with E-state index in [1.54, 1.807) is 12.1 Å². The topological polar surface area (TPSA) is 29.1 Å². The van der Waals surface area contributed by atoms with Crippen LogP contribution in [0, 0.1) is 11.2 Å². The standard InChI is InChI=1S/C17H26FNO/c1-16(2,3)15(20)14(19-17(4,5)6)11-12-7-9-13(18)10-8-12/h7-10,14,19H,11H2,1-6H3/t14-/m1/s1. The molecule has 1 rings (SSSR count). The fourth-order valence-electron chi connectivity index (χ4n) is 2.11. The molecule has 0 radical (unpaired) electrons. The SMILES string of the molecule is CC(C)(C)N[C@H](Cc1ccc(F)cc1)C(=O)C(C)(C)C. The lowest BCUT2D eigenvalue weighted by Crippen LogP contribution is -2.51. The van der Waals surface area contributed by atoms with Gasteiger partial charge in [0.15, 0.2) is 5.78 Å². The zero-order valence-electron chi connectivity index (χ0n) is 13.4. The van der Waals surface area contributed by atoms with Crippen LogP contribution >= 0.6 is 0 Å². The Kier molecular flexibility index (Phi) is 5.09. The van der Waals surface area contributed by atoms with Gasteiger partial charge in [-0.1, -0.05) is 32.9 Å². The molecular weight excluding hydrogens is 253 g/mol. The van der Waals surface area contributed by atoms with Crippen LogP contribution in [0.1, 0.15) is 47.1 Å². The summed E-state index contributed by atoms with van der Waals surface area (Å²) in [7, 11) is 0. The normalized spacial score (nSPS) is 14.2. The van der Waals surface area contributed by atoms with Crippen LogP contribution in [0.2, 0.25) is 0 Å². The Bertz CT molecular complexity index is 451. The Morgan fingerprint density at radius 1 is 1.10 bits per heavy atom. The van der Waals surface area contributed by atoms with Crippen LogP contribution in [-0.2, 0) is 11.2 Å². The third-order valence-corrected chi connectivity index (χ3v) is 3.02. The summed E-state index contributed by atoms with van der Waals surface area (Å²) >= 11 is 0. The van der Waals surface area contributed by atoms with Crippen molar-refractivity contribution in [2.45, 2.75) is 59.5 Å². The number of halogens is 1. The number of rotatable bonds is 4. The van der Waals surface area contributed by atoms with E-state index in [9.17, 15) is 9.18 Å². The number of carbonyl (C=O) groups excluding carboxylic acids is 1. The number of carbonyl (C=O) groups is 1. The highest BCUT2D eigenvalue weighted by Crippen LogP contribution is 2.20. The summed E-state index contributed by atoms with van der Waals surface area (Å²) < 4.78 is 13.0. The molecule has 1 aromatic rings. The Labute approximate surface area is 121 Å². The lowest BCUT2D eigenvalue weighted by Gasteiger charge is -2.32. The van der Waals surface area contributed by atoms with Crippen LogP contribution in [0.25, 0.3) is 0 Å². The summed E-state index contributed by atoms with van der Waals surface area (Å²) in [5.41, 5.74) is 0.417. The van der Waals surface area contributed by atoms with Crippen molar-refractivity contribution in [1.82, 2.24) is 5.32 Å². The monoisotopic (exact) mass is 279 g/mol. The van der Waals surface area contributed by atoms with Crippen molar-refractivity contribution in [3.05, 3.63) is 35.6 Å². The smallest absolute Gasteiger partial charge is 0.155 e. The molecule has 1 atom stereocenters. The molecule has 0 unspecified atom stereocenters. The summed E-state index contributed by atoms with van der Waals surface area (Å²) in [5.74, 6) is -0.0759. The second-order valence-electron chi connectivity index (χ2n) is 7.39. The van der Waals surface area contributed by atoms with Crippen LogP contribution in [0.3, 0.4) is 0 Å². The third-order valence-electron chi connectivity index (χ3n) is 3.02. The number of ketones is 1. The lowest BCUT2D eigenvalue weighted by molar-refractivity contribution is -0.128. The van der Waals surface area contributed by atoms with Crippen molar-refractivity contribution in [3.63, 3.8) is 0 Å². The van der Waals surface area contributed by atoms with E-state index in [2.05, 4.69) is 5.32 Å². The minimum atomic E-state index is -0.400. The van der Waals surface area contributed by atoms with Crippen LogP contribution in [0.4, 0.5) is 4.39 Å². The molecule has 0 aliphatic heterocycles. The summed E-state index contributed by atoms with van der Waals surface area (Å²) in [6.07, 6.45) is 0.577. The van der Waals surface area contributed by atoms with Gasteiger partial charge in [-0.2, -0.15) is 0 Å². The van der Waals surface area contributed by atoms with Gasteiger partial charge in [0.25, 0.3) is 0 Å². The molecule has 0 aliphatic carbocycles. The maximum absolute atomic E-state index is 13.0. The number of benzene rings is 1. The maximum Gasteiger partial charge on any atom is 0.155 e. The minimum Gasteiger partial charge on any atom is -0.302 e. The van der Waals surface area contributed by atoms with Gasteiger partial charge in [0.1, 0.15) is 5.82 Å². The second kappa shape index (κ2) is 6.04. The summed E-state index contributed by atoms with van der Waals surface area (Å²) in [6, 6.07) is 6.09. The molecule has 20 heavy (non-hydrogen) atoms. The van der Waals surface area contributed by atoms with Gasteiger partial charge >= 0.3 is 0 Å². The predicted molar refractivity (Wildman–Crippen MR) is 81.2 cm³/mol. The molecule has 112 valence electrons. The number of hydrogen-bond donors (Lipinski definition) is 1. The summed E-state index contributed by atoms with van der Waals surface area (Å²) in [4.78, 5) is 12.6. The van der Waals surface area contributed by atoms with Crippen molar-refractivity contribution < 1.29 is 9.18 Å². The first-order valence-electron chi connectivity index (χ1n) is 7.05. The molecule has 0 heterocycles. The average Bonchev–Trinajstić information content (AvgIpc) is 2.27. The van der Waals surface area contributed by atoms with E-state index in [1.807, 2.05) is 41.5 Å². The van der Waals surface area contributed by atoms with E-state index in [0.29, 0.717) is 6.42 Å². The van der Waals surface area contributed by atoms with E-state index >= 15 is 0 Å². The van der Waals surface area contributed by atoms with Crippen molar-refractivity contribution in [1.29, 1.82) is 0 Å². The molecule has 3 heteroatoms. The van der Waals surface area contributed by atoms with Gasteiger partial charge in [-0.05, 0) is 44.9 Å². The van der Waals surface area contributed by atoms with Crippen LogP contribution in [0.5, 0.6) is 0 Å². The molecule has 0 saturated carbocycles. The van der Waals surface area contributed by atoms with Gasteiger partial charge in [-0.25, -0.2) is 4.39 Å². The molecule has 1 aromatic carbocycles. The number of nitrogens with one attached hydrogen (secondary N) is 1. The zero-order valence-corrected chi connectivity index (χ0v) is 13.4. The van der Waals surface area contributed by atoms with Crippen LogP contribution in [0.15, 0.2) is 24.3 Å². The number of Topliss-reactive ketones (excluding diaryl/α,β-unsaturated/α-hetero) is 1. The van der Waals surface area contributed by atoms with Gasteiger partial charge in [0.05, 0.1) is 6.04 Å². The molecule has 1 N–H and O–H groups in total. The van der Waals surface area contributed by atoms with Gasteiger partial charge in [0.2, 0.25) is 0 Å². The highest BCUT2D eigenvalue weighted by atomic mass is 19.1. The van der Waals surface area contributed by atoms with Gasteiger partial charge in [-0.3, -0.25) is 4.79 Å². The highest BCUT2D eigenvalue weighted by Gasteiger charge is 2.31. The summed E-state index contributed by atoms with van der Waals surface area (Å²) in [6.45, 7) is 11.9. The van der Waals surface area contributed by atoms with Crippen molar-refractivity contribution in [2.24, 2.45) is 5.41 Å². The van der Waals surface area contributed by atoms with E-state index < -0.39 is 5.41 Å². The maximum atomic E-state index is 13.0. The van der Waals surface area contributed by atoms with Crippen molar-refractivity contribution >= 4 is 5.78 Å². The molecule has 2 nitrogen and oxygen atoms in total. The first kappa shape index (κ1) is 16.8. The Morgan fingerprint density at radius 3 is 2.00 bits per heavy atom. The molecule has 0 spiro atoms. The predicted octanol–water partition coefficient (Wildman–Crippen LogP) is 3.74. The zero-order chi connectivity index (χ0) is 15.6. The van der Waals surface area contributed by atoms with E-state index in [-0.39, 0.29) is 23.2 Å². The fraction of sp³-hybridized carbons (Fsp3) is 0.588. The second-order valence-corrected chi connectivity index (χ2v) is 7.39. The van der Waals surface area contributed by atoms with Crippen molar-refractivity contribution in [3.8, 4) is 0 Å². The van der Waals surface area contributed by atoms with Crippen molar-refractivity contribution in [2.75, 3.05) is 0 Å². The molecular formula is C17H26FNO. The lowest BCUT2D eigenvalue weighted by atomic mass is 9.83. The molecule has 0 saturated heterocycles. The Balaban J connectivity index is 2.93. The van der Waals surface area contributed by atoms with E-state index in [0.717, 1.165) is 5.56 Å². The highest BCUT2D eigenvalue weighted by molar-refractivity contribution is 5.89. The average molecular weight is 279 g/mol. The molecule has 0 amide bonds. The van der Waals surface area contributed by atoms with E-state index in [4.69, 9.17) is 0 Å². The quantitative estimate of drug-likeness (QED) is 0.909. The Morgan fingerprint density at radius 2 is 1.60 bits per heavy atom. The van der Waals surface area contributed by atoms with Crippen LogP contribution in [-0.4, -0.2) is 17.4 Å². The first-order valence-corrected chi connectivity index (χ1v) is 7.05. The largest absolute Gasteiger partial charge is 0.302 e. The third kappa shape index (κ3) is 5.41. The fourth-order valence-corrected chi connectivity index (χ4v) is 2.11. The van der Waals surface area contributed by atoms with Crippen LogP contribution < -0.4 is 5.32 Å². The molecule has 0 fully saturated rings. The number of hydrogen-bond acceptors (Lipinski definition) is 2. The first-order chi connectivity index (χ1) is 8.99. The van der Waals surface area contributed by atoms with E-state index in [1.165, 1.54) is 12.1 Å². The van der Waals surface area contributed by atoms with Gasteiger partial charge < -0.3 is 5.32 Å².